The zero-order valence-electron chi connectivity index (χ0n) is 23.9. The Bertz CT molecular complexity index is 1290. The van der Waals surface area contributed by atoms with Gasteiger partial charge in [-0.3, -0.25) is 9.52 Å². The van der Waals surface area contributed by atoms with Crippen LogP contribution in [0, 0.1) is 11.8 Å². The molecular weight excluding hydrogens is 558 g/mol. The Labute approximate surface area is 251 Å². The fourth-order valence-electron chi connectivity index (χ4n) is 5.58. The van der Waals surface area contributed by atoms with Gasteiger partial charge >= 0.3 is 0 Å². The molecular formula is C30H40ClN7O2S. The number of carbonyl (C=O) groups is 1. The van der Waals surface area contributed by atoms with Crippen molar-refractivity contribution in [1.29, 1.82) is 0 Å². The topological polar surface area (TPSA) is 106 Å². The van der Waals surface area contributed by atoms with Crippen molar-refractivity contribution in [3.05, 3.63) is 53.4 Å². The molecule has 11 heteroatoms. The molecule has 220 valence electrons. The molecule has 0 spiro atoms. The van der Waals surface area contributed by atoms with Crippen molar-refractivity contribution < 1.29 is 9.53 Å². The molecule has 4 heterocycles. The van der Waals surface area contributed by atoms with E-state index in [2.05, 4.69) is 44.3 Å². The van der Waals surface area contributed by atoms with E-state index in [0.717, 1.165) is 36.1 Å². The first kappa shape index (κ1) is 29.7. The third kappa shape index (κ3) is 8.59. The van der Waals surface area contributed by atoms with Gasteiger partial charge in [0.2, 0.25) is 5.88 Å². The third-order valence-electron chi connectivity index (χ3n) is 7.83. The molecule has 1 aliphatic heterocycles. The molecule has 3 aromatic rings. The van der Waals surface area contributed by atoms with E-state index in [4.69, 9.17) is 16.3 Å². The Morgan fingerprint density at radius 3 is 2.76 bits per heavy atom. The van der Waals surface area contributed by atoms with Crippen LogP contribution >= 0.6 is 23.5 Å². The number of halogens is 1. The van der Waals surface area contributed by atoms with Gasteiger partial charge in [0.25, 0.3) is 5.91 Å². The number of rotatable bonds is 13. The van der Waals surface area contributed by atoms with Crippen LogP contribution in [-0.2, 0) is 0 Å². The van der Waals surface area contributed by atoms with Crippen LogP contribution in [-0.4, -0.2) is 50.9 Å². The van der Waals surface area contributed by atoms with Gasteiger partial charge in [-0.2, -0.15) is 0 Å². The molecule has 41 heavy (non-hydrogen) atoms. The summed E-state index contributed by atoms with van der Waals surface area (Å²) in [5.41, 5.74) is 0.575. The Morgan fingerprint density at radius 1 is 1.17 bits per heavy atom. The second kappa shape index (κ2) is 13.9. The van der Waals surface area contributed by atoms with Crippen LogP contribution in [0.1, 0.15) is 75.6 Å². The maximum absolute atomic E-state index is 12.8. The molecule has 1 saturated carbocycles. The Morgan fingerprint density at radius 2 is 2.02 bits per heavy atom. The summed E-state index contributed by atoms with van der Waals surface area (Å²) >= 11 is 7.56. The smallest absolute Gasteiger partial charge is 0.264 e. The van der Waals surface area contributed by atoms with Crippen LogP contribution < -0.4 is 20.1 Å². The molecule has 3 aromatic heterocycles. The standard InChI is InChI=1S/C30H40ClN7O2S/c1-30(2)17-22(18-34-30)9-5-6-15-32-25-12-10-23(19-33-25)41-37-29(39)24-11-13-26(35-28(24)31)38-16-14-27(36-38)40-20-21-7-3-4-8-21/h10-14,16,19,21-22,34H,3-9,15,17-18,20H2,1-2H3,(H,32,33)(H,37,39). The molecule has 5 rings (SSSR count). The van der Waals surface area contributed by atoms with Gasteiger partial charge < -0.3 is 15.4 Å². The van der Waals surface area contributed by atoms with Crippen molar-refractivity contribution in [2.24, 2.45) is 11.8 Å². The highest BCUT2D eigenvalue weighted by Gasteiger charge is 2.29. The van der Waals surface area contributed by atoms with Crippen molar-refractivity contribution in [2.45, 2.75) is 75.6 Å². The normalized spacial score (nSPS) is 18.5. The summed E-state index contributed by atoms with van der Waals surface area (Å²) in [7, 11) is 0. The van der Waals surface area contributed by atoms with E-state index in [1.807, 2.05) is 18.2 Å². The highest BCUT2D eigenvalue weighted by Crippen LogP contribution is 2.27. The number of ether oxygens (including phenoxy) is 1. The second-order valence-electron chi connectivity index (χ2n) is 11.7. The first-order valence-corrected chi connectivity index (χ1v) is 15.8. The van der Waals surface area contributed by atoms with Crippen LogP contribution in [0.2, 0.25) is 5.15 Å². The highest BCUT2D eigenvalue weighted by atomic mass is 35.5. The molecule has 1 unspecified atom stereocenters. The van der Waals surface area contributed by atoms with Crippen molar-refractivity contribution in [3.63, 3.8) is 0 Å². The molecule has 1 saturated heterocycles. The fraction of sp³-hybridized carbons (Fsp3) is 0.533. The zero-order valence-corrected chi connectivity index (χ0v) is 25.4. The van der Waals surface area contributed by atoms with Crippen LogP contribution in [0.5, 0.6) is 5.88 Å². The largest absolute Gasteiger partial charge is 0.476 e. The predicted octanol–water partition coefficient (Wildman–Crippen LogP) is 6.29. The number of nitrogens with one attached hydrogen (secondary N) is 3. The summed E-state index contributed by atoms with van der Waals surface area (Å²) in [6.07, 6.45) is 13.4. The lowest BCUT2D eigenvalue weighted by atomic mass is 9.93. The van der Waals surface area contributed by atoms with Gasteiger partial charge in [0.05, 0.1) is 12.2 Å². The summed E-state index contributed by atoms with van der Waals surface area (Å²) in [4.78, 5) is 22.4. The summed E-state index contributed by atoms with van der Waals surface area (Å²) < 4.78 is 10.3. The van der Waals surface area contributed by atoms with Crippen LogP contribution in [0.3, 0.4) is 0 Å². The SMILES string of the molecule is CC1(C)CC(CCCCNc2ccc(SNC(=O)c3ccc(-n4ccc(OCC5CCCC5)n4)nc3Cl)cn2)CN1. The molecule has 1 amide bonds. The van der Waals surface area contributed by atoms with E-state index in [0.29, 0.717) is 24.2 Å². The van der Waals surface area contributed by atoms with Gasteiger partial charge in [-0.25, -0.2) is 14.6 Å². The van der Waals surface area contributed by atoms with Gasteiger partial charge in [-0.1, -0.05) is 30.9 Å². The fourth-order valence-corrected chi connectivity index (χ4v) is 6.38. The number of pyridine rings is 2. The average molecular weight is 598 g/mol. The molecule has 1 aliphatic carbocycles. The van der Waals surface area contributed by atoms with Gasteiger partial charge in [0.1, 0.15) is 11.0 Å². The monoisotopic (exact) mass is 597 g/mol. The second-order valence-corrected chi connectivity index (χ2v) is 13.0. The van der Waals surface area contributed by atoms with E-state index >= 15 is 0 Å². The summed E-state index contributed by atoms with van der Waals surface area (Å²) in [6.45, 7) is 7.28. The number of nitrogens with zero attached hydrogens (tertiary/aromatic N) is 4. The first-order valence-electron chi connectivity index (χ1n) is 14.6. The summed E-state index contributed by atoms with van der Waals surface area (Å²) in [5, 5.41) is 11.5. The van der Waals surface area contributed by atoms with Crippen molar-refractivity contribution in [2.75, 3.05) is 25.0 Å². The summed E-state index contributed by atoms with van der Waals surface area (Å²) in [6, 6.07) is 9.03. The number of anilines is 1. The van der Waals surface area contributed by atoms with E-state index in [9.17, 15) is 4.79 Å². The molecule has 2 aliphatic rings. The number of hydrogen-bond acceptors (Lipinski definition) is 8. The highest BCUT2D eigenvalue weighted by molar-refractivity contribution is 7.98. The summed E-state index contributed by atoms with van der Waals surface area (Å²) in [5.74, 6) is 2.97. The molecule has 0 aromatic carbocycles. The van der Waals surface area contributed by atoms with Crippen molar-refractivity contribution in [3.8, 4) is 11.7 Å². The molecule has 2 fully saturated rings. The molecule has 1 atom stereocenters. The number of amides is 1. The lowest BCUT2D eigenvalue weighted by molar-refractivity contribution is 0.0984. The maximum atomic E-state index is 12.8. The van der Waals surface area contributed by atoms with Gasteiger partial charge in [0, 0.05) is 35.4 Å². The van der Waals surface area contributed by atoms with E-state index in [1.54, 1.807) is 29.2 Å². The Kier molecular flexibility index (Phi) is 10.1. The van der Waals surface area contributed by atoms with Gasteiger partial charge in [-0.15, -0.1) is 5.10 Å². The number of carbonyl (C=O) groups excluding carboxylic acids is 1. The minimum Gasteiger partial charge on any atom is -0.476 e. The molecule has 0 bridgehead atoms. The lowest BCUT2D eigenvalue weighted by Gasteiger charge is -2.17. The van der Waals surface area contributed by atoms with E-state index in [-0.39, 0.29) is 22.2 Å². The van der Waals surface area contributed by atoms with E-state index < -0.39 is 0 Å². The maximum Gasteiger partial charge on any atom is 0.264 e. The molecule has 0 radical (unpaired) electrons. The van der Waals surface area contributed by atoms with Crippen LogP contribution in [0.25, 0.3) is 5.82 Å². The van der Waals surface area contributed by atoms with Crippen LogP contribution in [0.15, 0.2) is 47.6 Å². The zero-order chi connectivity index (χ0) is 28.7. The average Bonchev–Trinajstić information content (AvgIpc) is 3.72. The minimum atomic E-state index is -0.330. The van der Waals surface area contributed by atoms with E-state index in [1.165, 1.54) is 56.9 Å². The van der Waals surface area contributed by atoms with Gasteiger partial charge in [0.15, 0.2) is 5.82 Å². The van der Waals surface area contributed by atoms with Crippen molar-refractivity contribution in [1.82, 2.24) is 29.8 Å². The number of aromatic nitrogens is 4. The Hall–Kier alpha value is -2.82. The molecule has 3 N–H and O–H groups in total. The quantitative estimate of drug-likeness (QED) is 0.120. The predicted molar refractivity (Wildman–Crippen MR) is 164 cm³/mol. The number of unbranched alkanes of at least 4 members (excludes halogenated alkanes) is 1. The van der Waals surface area contributed by atoms with Gasteiger partial charge in [-0.05, 0) is 101 Å². The first-order chi connectivity index (χ1) is 19.8. The third-order valence-corrected chi connectivity index (χ3v) is 8.88. The van der Waals surface area contributed by atoms with Crippen molar-refractivity contribution >= 4 is 35.3 Å². The lowest BCUT2D eigenvalue weighted by Crippen LogP contribution is -2.31. The Balaban J connectivity index is 1.03. The number of hydrogen-bond donors (Lipinski definition) is 3. The minimum absolute atomic E-state index is 0.107. The molecule has 9 nitrogen and oxygen atoms in total. The van der Waals surface area contributed by atoms with Crippen LogP contribution in [0.4, 0.5) is 5.82 Å².